The molecule has 0 atom stereocenters. The average Bonchev–Trinajstić information content (AvgIpc) is 3.16. The predicted molar refractivity (Wildman–Crippen MR) is 83.4 cm³/mol. The largest absolute Gasteiger partial charge is 0.378 e. The summed E-state index contributed by atoms with van der Waals surface area (Å²) in [6, 6.07) is 3.90. The molecular formula is C14H15BrN4O2. The van der Waals surface area contributed by atoms with E-state index in [0.29, 0.717) is 18.2 Å². The quantitative estimate of drug-likeness (QED) is 0.657. The molecule has 2 aromatic rings. The first-order valence-corrected chi connectivity index (χ1v) is 7.54. The van der Waals surface area contributed by atoms with Gasteiger partial charge in [-0.05, 0) is 41.8 Å². The van der Waals surface area contributed by atoms with Gasteiger partial charge in [0.15, 0.2) is 0 Å². The van der Waals surface area contributed by atoms with Crippen LogP contribution in [0.25, 0.3) is 0 Å². The predicted octanol–water partition coefficient (Wildman–Crippen LogP) is 3.81. The van der Waals surface area contributed by atoms with E-state index in [1.54, 1.807) is 19.1 Å². The van der Waals surface area contributed by atoms with Gasteiger partial charge >= 0.3 is 0 Å². The number of aromatic nitrogens is 2. The van der Waals surface area contributed by atoms with Crippen LogP contribution in [0.1, 0.15) is 30.1 Å². The van der Waals surface area contributed by atoms with Crippen LogP contribution in [0.4, 0.5) is 11.4 Å². The zero-order valence-electron chi connectivity index (χ0n) is 11.5. The van der Waals surface area contributed by atoms with E-state index in [1.165, 1.54) is 12.8 Å². The Hall–Kier alpha value is -1.89. The number of halogens is 1. The van der Waals surface area contributed by atoms with Gasteiger partial charge in [0.2, 0.25) is 0 Å². The number of imidazole rings is 1. The molecule has 1 heterocycles. The van der Waals surface area contributed by atoms with Gasteiger partial charge in [-0.25, -0.2) is 4.98 Å². The van der Waals surface area contributed by atoms with Crippen molar-refractivity contribution in [2.24, 2.45) is 0 Å². The highest BCUT2D eigenvalue weighted by atomic mass is 79.9. The molecule has 1 aromatic heterocycles. The maximum absolute atomic E-state index is 11.0. The molecule has 0 spiro atoms. The summed E-state index contributed by atoms with van der Waals surface area (Å²) in [6.07, 6.45) is 6.08. The molecule has 0 aliphatic heterocycles. The van der Waals surface area contributed by atoms with Gasteiger partial charge in [0, 0.05) is 28.3 Å². The van der Waals surface area contributed by atoms with Crippen LogP contribution in [0.15, 0.2) is 29.1 Å². The molecule has 3 rings (SSSR count). The van der Waals surface area contributed by atoms with Gasteiger partial charge in [-0.15, -0.1) is 0 Å². The van der Waals surface area contributed by atoms with E-state index in [0.717, 1.165) is 15.9 Å². The third-order valence-electron chi connectivity index (χ3n) is 3.63. The molecule has 0 unspecified atom stereocenters. The van der Waals surface area contributed by atoms with Crippen LogP contribution >= 0.6 is 15.9 Å². The number of anilines is 1. The van der Waals surface area contributed by atoms with Crippen LogP contribution < -0.4 is 5.32 Å². The lowest BCUT2D eigenvalue weighted by Crippen LogP contribution is -2.07. The van der Waals surface area contributed by atoms with Gasteiger partial charge in [0.1, 0.15) is 0 Å². The second-order valence-electron chi connectivity index (χ2n) is 5.25. The van der Waals surface area contributed by atoms with Crippen LogP contribution in [0.3, 0.4) is 0 Å². The molecule has 0 bridgehead atoms. The molecule has 1 fully saturated rings. The van der Waals surface area contributed by atoms with E-state index in [9.17, 15) is 10.1 Å². The van der Waals surface area contributed by atoms with Crippen molar-refractivity contribution in [2.75, 3.05) is 5.32 Å². The van der Waals surface area contributed by atoms with E-state index >= 15 is 0 Å². The summed E-state index contributed by atoms with van der Waals surface area (Å²) in [5.74, 6) is 0. The summed E-state index contributed by atoms with van der Waals surface area (Å²) >= 11 is 3.45. The van der Waals surface area contributed by atoms with Crippen LogP contribution in [-0.2, 0) is 6.54 Å². The molecule has 1 saturated carbocycles. The minimum Gasteiger partial charge on any atom is -0.378 e. The summed E-state index contributed by atoms with van der Waals surface area (Å²) in [5, 5.41) is 14.3. The van der Waals surface area contributed by atoms with Crippen molar-refractivity contribution < 1.29 is 4.92 Å². The Balaban J connectivity index is 1.79. The second kappa shape index (κ2) is 5.48. The molecule has 1 N–H and O–H groups in total. The number of nitrogens with one attached hydrogen (secondary N) is 1. The minimum atomic E-state index is -0.360. The topological polar surface area (TPSA) is 73.0 Å². The van der Waals surface area contributed by atoms with Crippen LogP contribution in [0.5, 0.6) is 0 Å². The van der Waals surface area contributed by atoms with Gasteiger partial charge in [0.25, 0.3) is 5.69 Å². The fourth-order valence-corrected chi connectivity index (χ4v) is 2.93. The van der Waals surface area contributed by atoms with E-state index in [1.807, 2.05) is 12.5 Å². The Labute approximate surface area is 130 Å². The van der Waals surface area contributed by atoms with E-state index in [2.05, 4.69) is 30.8 Å². The van der Waals surface area contributed by atoms with E-state index in [-0.39, 0.29) is 10.6 Å². The van der Waals surface area contributed by atoms with Crippen LogP contribution in [0, 0.1) is 17.0 Å². The van der Waals surface area contributed by atoms with Crippen LogP contribution in [0.2, 0.25) is 0 Å². The first kappa shape index (κ1) is 14.1. The number of nitro benzene ring substituents is 1. The first-order valence-electron chi connectivity index (χ1n) is 6.75. The lowest BCUT2D eigenvalue weighted by atomic mass is 10.2. The molecule has 110 valence electrons. The van der Waals surface area contributed by atoms with Gasteiger partial charge in [0.05, 0.1) is 29.2 Å². The molecule has 1 aliphatic rings. The Kier molecular flexibility index (Phi) is 3.67. The molecule has 1 aliphatic carbocycles. The normalized spacial score (nSPS) is 14.2. The number of nitro groups is 1. The number of aryl methyl sites for hydroxylation is 1. The maximum atomic E-state index is 11.0. The number of rotatable bonds is 5. The molecule has 6 nitrogen and oxygen atoms in total. The molecule has 0 saturated heterocycles. The SMILES string of the molecule is Cc1cc(Br)c(NCc2cncn2C2CC2)cc1[N+](=O)[O-]. The minimum absolute atomic E-state index is 0.122. The van der Waals surface area contributed by atoms with Crippen molar-refractivity contribution in [1.82, 2.24) is 9.55 Å². The lowest BCUT2D eigenvalue weighted by molar-refractivity contribution is -0.385. The van der Waals surface area contributed by atoms with Crippen molar-refractivity contribution in [3.63, 3.8) is 0 Å². The molecular weight excluding hydrogens is 336 g/mol. The molecule has 0 amide bonds. The van der Waals surface area contributed by atoms with Crippen molar-refractivity contribution in [1.29, 1.82) is 0 Å². The van der Waals surface area contributed by atoms with Gasteiger partial charge in [-0.3, -0.25) is 10.1 Å². The third-order valence-corrected chi connectivity index (χ3v) is 4.28. The average molecular weight is 351 g/mol. The Morgan fingerprint density at radius 2 is 2.29 bits per heavy atom. The highest BCUT2D eigenvalue weighted by Crippen LogP contribution is 2.36. The number of hydrogen-bond acceptors (Lipinski definition) is 4. The van der Waals surface area contributed by atoms with Gasteiger partial charge < -0.3 is 9.88 Å². The highest BCUT2D eigenvalue weighted by Gasteiger charge is 2.25. The number of hydrogen-bond donors (Lipinski definition) is 1. The summed E-state index contributed by atoms with van der Waals surface area (Å²) < 4.78 is 2.99. The highest BCUT2D eigenvalue weighted by molar-refractivity contribution is 9.10. The van der Waals surface area contributed by atoms with Crippen molar-refractivity contribution in [3.05, 3.63) is 50.5 Å². The van der Waals surface area contributed by atoms with E-state index < -0.39 is 0 Å². The molecule has 0 radical (unpaired) electrons. The zero-order valence-corrected chi connectivity index (χ0v) is 13.1. The standard InChI is InChI=1S/C14H15BrN4O2/c1-9-4-12(15)13(5-14(9)19(20)21)17-7-11-6-16-8-18(11)10-2-3-10/h4-6,8,10,17H,2-3,7H2,1H3. The summed E-state index contributed by atoms with van der Waals surface area (Å²) in [5.41, 5.74) is 2.57. The molecule has 21 heavy (non-hydrogen) atoms. The second-order valence-corrected chi connectivity index (χ2v) is 6.11. The fourth-order valence-electron chi connectivity index (χ4n) is 2.33. The van der Waals surface area contributed by atoms with Crippen molar-refractivity contribution in [3.8, 4) is 0 Å². The number of nitrogens with zero attached hydrogens (tertiary/aromatic N) is 3. The van der Waals surface area contributed by atoms with E-state index in [4.69, 9.17) is 0 Å². The van der Waals surface area contributed by atoms with Gasteiger partial charge in [-0.1, -0.05) is 0 Å². The Morgan fingerprint density at radius 1 is 1.52 bits per heavy atom. The third kappa shape index (κ3) is 2.92. The lowest BCUT2D eigenvalue weighted by Gasteiger charge is -2.11. The maximum Gasteiger partial charge on any atom is 0.274 e. The Bertz CT molecular complexity index is 694. The van der Waals surface area contributed by atoms with Crippen molar-refractivity contribution >= 4 is 27.3 Å². The molecule has 1 aromatic carbocycles. The fraction of sp³-hybridized carbons (Fsp3) is 0.357. The zero-order chi connectivity index (χ0) is 15.0. The first-order chi connectivity index (χ1) is 10.1. The van der Waals surface area contributed by atoms with Gasteiger partial charge in [-0.2, -0.15) is 0 Å². The smallest absolute Gasteiger partial charge is 0.274 e. The van der Waals surface area contributed by atoms with Crippen molar-refractivity contribution in [2.45, 2.75) is 32.4 Å². The Morgan fingerprint density at radius 3 is 2.95 bits per heavy atom. The number of benzene rings is 1. The molecule has 7 heteroatoms. The van der Waals surface area contributed by atoms with Crippen LogP contribution in [-0.4, -0.2) is 14.5 Å². The monoisotopic (exact) mass is 350 g/mol. The summed E-state index contributed by atoms with van der Waals surface area (Å²) in [4.78, 5) is 14.8. The summed E-state index contributed by atoms with van der Waals surface area (Å²) in [7, 11) is 0. The summed E-state index contributed by atoms with van der Waals surface area (Å²) in [6.45, 7) is 2.32.